The molecule has 0 atom stereocenters. The molecule has 0 aromatic heterocycles. The normalized spacial score (nSPS) is 16.3. The molecule has 0 unspecified atom stereocenters. The summed E-state index contributed by atoms with van der Waals surface area (Å²) in [5.41, 5.74) is 3.62. The van der Waals surface area contributed by atoms with Gasteiger partial charge in [0.25, 0.3) is 17.1 Å². The Morgan fingerprint density at radius 3 is 2.28 bits per heavy atom. The zero-order valence-electron chi connectivity index (χ0n) is 24.2. The van der Waals surface area contributed by atoms with Gasteiger partial charge in [-0.1, -0.05) is 62.4 Å². The minimum atomic E-state index is -0.482. The lowest BCUT2D eigenvalue weighted by Crippen LogP contribution is -2.51. The summed E-state index contributed by atoms with van der Waals surface area (Å²) in [4.78, 5) is 56.2. The Balaban J connectivity index is 1.11. The van der Waals surface area contributed by atoms with E-state index in [-0.39, 0.29) is 35.8 Å². The molecular weight excluding hydrogens is 564 g/mol. The van der Waals surface area contributed by atoms with Crippen LogP contribution in [0, 0.1) is 0 Å². The summed E-state index contributed by atoms with van der Waals surface area (Å²) in [5.74, 6) is -0.221. The number of anilines is 2. The van der Waals surface area contributed by atoms with Gasteiger partial charge in [-0.05, 0) is 65.2 Å². The highest BCUT2D eigenvalue weighted by Crippen LogP contribution is 2.32. The number of carbonyl (C=O) groups is 4. The van der Waals surface area contributed by atoms with E-state index in [1.54, 1.807) is 35.2 Å². The molecule has 43 heavy (non-hydrogen) atoms. The lowest BCUT2D eigenvalue weighted by Gasteiger charge is -2.36. The molecular formula is C33H34N4O5S. The van der Waals surface area contributed by atoms with E-state index in [0.717, 1.165) is 33.6 Å². The van der Waals surface area contributed by atoms with Crippen molar-refractivity contribution in [3.05, 3.63) is 94.9 Å². The monoisotopic (exact) mass is 598 g/mol. The third kappa shape index (κ3) is 7.45. The number of nitrogens with one attached hydrogen (secondary N) is 1. The van der Waals surface area contributed by atoms with Gasteiger partial charge in [0.15, 0.2) is 6.61 Å². The number of ether oxygens (including phenoxy) is 1. The fourth-order valence-electron chi connectivity index (χ4n) is 4.99. The quantitative estimate of drug-likeness (QED) is 0.338. The molecule has 222 valence electrons. The molecule has 3 aromatic rings. The van der Waals surface area contributed by atoms with E-state index >= 15 is 0 Å². The first-order valence-corrected chi connectivity index (χ1v) is 15.0. The number of carbonyl (C=O) groups excluding carboxylic acids is 4. The maximum atomic E-state index is 13.0. The molecule has 0 radical (unpaired) electrons. The predicted octanol–water partition coefficient (Wildman–Crippen LogP) is 5.21. The van der Waals surface area contributed by atoms with E-state index in [9.17, 15) is 19.2 Å². The number of thioether (sulfide) groups is 1. The third-order valence-corrected chi connectivity index (χ3v) is 8.23. The molecule has 2 saturated heterocycles. The van der Waals surface area contributed by atoms with Crippen LogP contribution in [0.25, 0.3) is 6.08 Å². The Morgan fingerprint density at radius 1 is 0.907 bits per heavy atom. The van der Waals surface area contributed by atoms with Crippen LogP contribution < -0.4 is 15.0 Å². The van der Waals surface area contributed by atoms with Gasteiger partial charge in [0.1, 0.15) is 12.3 Å². The van der Waals surface area contributed by atoms with Gasteiger partial charge < -0.3 is 19.9 Å². The van der Waals surface area contributed by atoms with Crippen molar-refractivity contribution in [2.45, 2.75) is 19.8 Å². The second-order valence-corrected chi connectivity index (χ2v) is 11.6. The minimum Gasteiger partial charge on any atom is -0.484 e. The van der Waals surface area contributed by atoms with Crippen molar-refractivity contribution < 1.29 is 23.9 Å². The van der Waals surface area contributed by atoms with Crippen LogP contribution in [0.2, 0.25) is 0 Å². The average molecular weight is 599 g/mol. The first-order chi connectivity index (χ1) is 20.8. The van der Waals surface area contributed by atoms with Crippen molar-refractivity contribution in [2.24, 2.45) is 0 Å². The lowest BCUT2D eigenvalue weighted by atomic mass is 10.0. The largest absolute Gasteiger partial charge is 0.484 e. The Labute approximate surface area is 255 Å². The van der Waals surface area contributed by atoms with E-state index in [0.29, 0.717) is 37.5 Å². The molecule has 9 nitrogen and oxygen atoms in total. The van der Waals surface area contributed by atoms with Crippen molar-refractivity contribution >= 4 is 52.2 Å². The van der Waals surface area contributed by atoms with E-state index < -0.39 is 11.1 Å². The van der Waals surface area contributed by atoms with Crippen molar-refractivity contribution in [3.8, 4) is 5.75 Å². The topological polar surface area (TPSA) is 99.3 Å². The summed E-state index contributed by atoms with van der Waals surface area (Å²) in [6, 6.07) is 24.6. The summed E-state index contributed by atoms with van der Waals surface area (Å²) in [7, 11) is 0. The fourth-order valence-corrected chi connectivity index (χ4v) is 5.82. The molecule has 5 rings (SSSR count). The second kappa shape index (κ2) is 13.6. The first kappa shape index (κ1) is 29.9. The van der Waals surface area contributed by atoms with Crippen LogP contribution >= 0.6 is 11.8 Å². The molecule has 3 aromatic carbocycles. The smallest absolute Gasteiger partial charge is 0.294 e. The van der Waals surface area contributed by atoms with Gasteiger partial charge in [0.05, 0.1) is 4.91 Å². The summed E-state index contributed by atoms with van der Waals surface area (Å²) in [5, 5.41) is 2.44. The van der Waals surface area contributed by atoms with Gasteiger partial charge in [0, 0.05) is 37.6 Å². The molecule has 1 N–H and O–H groups in total. The van der Waals surface area contributed by atoms with E-state index in [1.807, 2.05) is 54.6 Å². The van der Waals surface area contributed by atoms with Gasteiger partial charge in [-0.3, -0.25) is 24.1 Å². The number of rotatable bonds is 9. The highest BCUT2D eigenvalue weighted by molar-refractivity contribution is 8.18. The van der Waals surface area contributed by atoms with Gasteiger partial charge in [0.2, 0.25) is 5.91 Å². The van der Waals surface area contributed by atoms with Gasteiger partial charge in [-0.2, -0.15) is 0 Å². The molecule has 2 aliphatic heterocycles. The number of benzene rings is 3. The maximum absolute atomic E-state index is 13.0. The molecule has 0 saturated carbocycles. The van der Waals surface area contributed by atoms with Crippen molar-refractivity contribution in [2.75, 3.05) is 49.5 Å². The molecule has 10 heteroatoms. The van der Waals surface area contributed by atoms with Crippen LogP contribution in [0.3, 0.4) is 0 Å². The van der Waals surface area contributed by atoms with Crippen molar-refractivity contribution in [1.82, 2.24) is 9.80 Å². The molecule has 2 aliphatic rings. The van der Waals surface area contributed by atoms with Crippen LogP contribution in [0.4, 0.5) is 16.2 Å². The number of nitrogens with zero attached hydrogens (tertiary/aromatic N) is 3. The van der Waals surface area contributed by atoms with E-state index in [4.69, 9.17) is 4.74 Å². The maximum Gasteiger partial charge on any atom is 0.294 e. The summed E-state index contributed by atoms with van der Waals surface area (Å²) >= 11 is 0.821. The number of para-hydroxylation sites is 2. The fraction of sp³-hybridized carbons (Fsp3) is 0.273. The van der Waals surface area contributed by atoms with E-state index in [1.165, 1.54) is 0 Å². The van der Waals surface area contributed by atoms with Crippen LogP contribution in [0.5, 0.6) is 5.75 Å². The minimum absolute atomic E-state index is 0.153. The second-order valence-electron chi connectivity index (χ2n) is 10.6. The third-order valence-electron chi connectivity index (χ3n) is 7.33. The van der Waals surface area contributed by atoms with Gasteiger partial charge >= 0.3 is 0 Å². The Morgan fingerprint density at radius 2 is 1.58 bits per heavy atom. The number of hydrogen-bond acceptors (Lipinski definition) is 7. The molecule has 0 spiro atoms. The molecule has 0 bridgehead atoms. The zero-order valence-corrected chi connectivity index (χ0v) is 25.0. The Bertz CT molecular complexity index is 1520. The number of hydrogen-bond donors (Lipinski definition) is 1. The highest BCUT2D eigenvalue weighted by atomic mass is 32.2. The van der Waals surface area contributed by atoms with Crippen LogP contribution in [-0.4, -0.2) is 72.1 Å². The van der Waals surface area contributed by atoms with E-state index in [2.05, 4.69) is 24.1 Å². The molecule has 2 heterocycles. The number of amides is 4. The van der Waals surface area contributed by atoms with Crippen LogP contribution in [-0.2, 0) is 14.4 Å². The summed E-state index contributed by atoms with van der Waals surface area (Å²) in [6.45, 7) is 6.14. The predicted molar refractivity (Wildman–Crippen MR) is 169 cm³/mol. The number of imide groups is 1. The standard InChI is InChI=1S/C33H34N4O5S/c1-23(2)27-10-6-7-11-28(27)34-30(38)22-42-26-14-12-24(13-15-26)20-29-32(40)37(33(41)43-29)21-31(39)36-18-16-35(17-19-36)25-8-4-3-5-9-25/h3-15,20,23H,16-19,21-22H2,1-2H3,(H,34,38)/b29-20+. The van der Waals surface area contributed by atoms with Gasteiger partial charge in [-0.15, -0.1) is 0 Å². The summed E-state index contributed by atoms with van der Waals surface area (Å²) < 4.78 is 5.64. The SMILES string of the molecule is CC(C)c1ccccc1NC(=O)COc1ccc(/C=C2/SC(=O)N(CC(=O)N3CCN(c4ccccc4)CC3)C2=O)cc1. The van der Waals surface area contributed by atoms with Crippen molar-refractivity contribution in [1.29, 1.82) is 0 Å². The lowest BCUT2D eigenvalue weighted by molar-refractivity contribution is -0.136. The Hall–Kier alpha value is -4.57. The van der Waals surface area contributed by atoms with Crippen molar-refractivity contribution in [3.63, 3.8) is 0 Å². The Kier molecular flexibility index (Phi) is 9.46. The average Bonchev–Trinajstić information content (AvgIpc) is 3.28. The van der Waals surface area contributed by atoms with Crippen LogP contribution in [0.1, 0.15) is 30.9 Å². The zero-order chi connectivity index (χ0) is 30.3. The van der Waals surface area contributed by atoms with Gasteiger partial charge in [-0.25, -0.2) is 0 Å². The first-order valence-electron chi connectivity index (χ1n) is 14.2. The highest BCUT2D eigenvalue weighted by Gasteiger charge is 2.37. The molecule has 0 aliphatic carbocycles. The molecule has 4 amide bonds. The summed E-state index contributed by atoms with van der Waals surface area (Å²) in [6.07, 6.45) is 1.62. The van der Waals surface area contributed by atoms with Crippen LogP contribution in [0.15, 0.2) is 83.8 Å². The number of piperazine rings is 1. The molecule has 2 fully saturated rings.